The lowest BCUT2D eigenvalue weighted by Gasteiger charge is -2.43. The van der Waals surface area contributed by atoms with Crippen molar-refractivity contribution in [1.29, 1.82) is 0 Å². The zero-order chi connectivity index (χ0) is 14.8. The highest BCUT2D eigenvalue weighted by Gasteiger charge is 2.33. The first-order valence-electron chi connectivity index (χ1n) is 8.47. The summed E-state index contributed by atoms with van der Waals surface area (Å²) in [6.07, 6.45) is 6.04. The van der Waals surface area contributed by atoms with Gasteiger partial charge >= 0.3 is 0 Å². The average Bonchev–Trinajstić information content (AvgIpc) is 2.38. The Labute approximate surface area is 125 Å². The van der Waals surface area contributed by atoms with Crippen molar-refractivity contribution < 1.29 is 4.74 Å². The summed E-state index contributed by atoms with van der Waals surface area (Å²) in [6, 6.07) is 1.36. The van der Waals surface area contributed by atoms with E-state index in [0.29, 0.717) is 17.6 Å². The van der Waals surface area contributed by atoms with Gasteiger partial charge in [-0.05, 0) is 59.8 Å². The van der Waals surface area contributed by atoms with Crippen LogP contribution in [0.15, 0.2) is 0 Å². The fourth-order valence-electron chi connectivity index (χ4n) is 3.57. The van der Waals surface area contributed by atoms with Crippen molar-refractivity contribution in [3.8, 4) is 0 Å². The number of hydrogen-bond donors (Lipinski definition) is 1. The van der Waals surface area contributed by atoms with Crippen LogP contribution in [0.25, 0.3) is 0 Å². The molecule has 2 fully saturated rings. The Kier molecular flexibility index (Phi) is 5.14. The first-order chi connectivity index (χ1) is 9.32. The molecule has 0 radical (unpaired) electrons. The van der Waals surface area contributed by atoms with Gasteiger partial charge in [-0.1, -0.05) is 6.92 Å². The van der Waals surface area contributed by atoms with E-state index in [9.17, 15) is 0 Å². The van der Waals surface area contributed by atoms with Crippen molar-refractivity contribution >= 4 is 0 Å². The monoisotopic (exact) mass is 282 g/mol. The predicted molar refractivity (Wildman–Crippen MR) is 85.2 cm³/mol. The summed E-state index contributed by atoms with van der Waals surface area (Å²) >= 11 is 0. The molecule has 2 saturated heterocycles. The number of nitrogens with one attached hydrogen (secondary N) is 1. The number of rotatable bonds is 3. The Balaban J connectivity index is 1.78. The number of nitrogens with zero attached hydrogens (tertiary/aromatic N) is 1. The summed E-state index contributed by atoms with van der Waals surface area (Å²) in [7, 11) is 0. The summed E-state index contributed by atoms with van der Waals surface area (Å²) in [6.45, 7) is 14.9. The Morgan fingerprint density at radius 1 is 1.15 bits per heavy atom. The number of ether oxygens (including phenoxy) is 1. The zero-order valence-corrected chi connectivity index (χ0v) is 14.2. The fourth-order valence-corrected chi connectivity index (χ4v) is 3.57. The van der Waals surface area contributed by atoms with Gasteiger partial charge in [-0.15, -0.1) is 0 Å². The molecule has 3 nitrogen and oxygen atoms in total. The third kappa shape index (κ3) is 4.19. The van der Waals surface area contributed by atoms with Crippen LogP contribution in [0.1, 0.15) is 66.7 Å². The highest BCUT2D eigenvalue weighted by atomic mass is 16.5. The second-order valence-corrected chi connectivity index (χ2v) is 7.94. The lowest BCUT2D eigenvalue weighted by molar-refractivity contribution is -0.0799. The van der Waals surface area contributed by atoms with E-state index in [0.717, 1.165) is 13.0 Å². The minimum Gasteiger partial charge on any atom is -0.375 e. The molecule has 0 saturated carbocycles. The van der Waals surface area contributed by atoms with E-state index in [1.165, 1.54) is 38.8 Å². The zero-order valence-electron chi connectivity index (χ0n) is 14.2. The van der Waals surface area contributed by atoms with Gasteiger partial charge < -0.3 is 10.1 Å². The molecule has 20 heavy (non-hydrogen) atoms. The minimum absolute atomic E-state index is 0.0992. The first-order valence-corrected chi connectivity index (χ1v) is 8.47. The molecular weight excluding hydrogens is 248 g/mol. The van der Waals surface area contributed by atoms with Crippen LogP contribution in [-0.2, 0) is 4.74 Å². The first kappa shape index (κ1) is 16.3. The van der Waals surface area contributed by atoms with E-state index in [4.69, 9.17) is 4.74 Å². The molecule has 0 aromatic heterocycles. The molecule has 0 aromatic rings. The Bertz CT molecular complexity index is 305. The molecule has 2 aliphatic heterocycles. The average molecular weight is 282 g/mol. The third-order valence-electron chi connectivity index (χ3n) is 5.26. The largest absolute Gasteiger partial charge is 0.375 e. The normalized spacial score (nSPS) is 34.4. The number of hydrogen-bond acceptors (Lipinski definition) is 3. The lowest BCUT2D eigenvalue weighted by atomic mass is 9.88. The second-order valence-electron chi connectivity index (χ2n) is 7.94. The third-order valence-corrected chi connectivity index (χ3v) is 5.26. The minimum atomic E-state index is 0.0992. The molecule has 2 atom stereocenters. The molecule has 2 heterocycles. The van der Waals surface area contributed by atoms with Gasteiger partial charge in [-0.3, -0.25) is 4.90 Å². The van der Waals surface area contributed by atoms with Crippen LogP contribution in [0.3, 0.4) is 0 Å². The number of likely N-dealkylation sites (tertiary alicyclic amines) is 1. The van der Waals surface area contributed by atoms with Gasteiger partial charge in [0.2, 0.25) is 0 Å². The van der Waals surface area contributed by atoms with Crippen LogP contribution in [-0.4, -0.2) is 47.8 Å². The van der Waals surface area contributed by atoms with Crippen molar-refractivity contribution in [2.24, 2.45) is 0 Å². The molecule has 1 N–H and O–H groups in total. The smallest absolute Gasteiger partial charge is 0.0666 e. The highest BCUT2D eigenvalue weighted by molar-refractivity contribution is 4.90. The molecule has 2 unspecified atom stereocenters. The maximum absolute atomic E-state index is 5.95. The highest BCUT2D eigenvalue weighted by Crippen LogP contribution is 2.29. The fraction of sp³-hybridized carbons (Fsp3) is 1.00. The van der Waals surface area contributed by atoms with Crippen molar-refractivity contribution in [2.45, 2.75) is 89.9 Å². The summed E-state index contributed by atoms with van der Waals surface area (Å²) in [5, 5.41) is 3.91. The molecule has 0 aliphatic carbocycles. The van der Waals surface area contributed by atoms with Crippen LogP contribution < -0.4 is 5.32 Å². The van der Waals surface area contributed by atoms with E-state index in [-0.39, 0.29) is 5.60 Å². The summed E-state index contributed by atoms with van der Waals surface area (Å²) in [5.74, 6) is 0. The molecule has 0 bridgehead atoms. The molecule has 0 amide bonds. The van der Waals surface area contributed by atoms with E-state index in [1.807, 2.05) is 0 Å². The van der Waals surface area contributed by atoms with Crippen LogP contribution in [0, 0.1) is 0 Å². The van der Waals surface area contributed by atoms with Gasteiger partial charge in [0.15, 0.2) is 0 Å². The van der Waals surface area contributed by atoms with Crippen molar-refractivity contribution in [3.05, 3.63) is 0 Å². The SMILES string of the molecule is CCC1(C)CC(NC2CCN(C(C)(C)C)CC2)CCO1. The van der Waals surface area contributed by atoms with Gasteiger partial charge in [-0.2, -0.15) is 0 Å². The predicted octanol–water partition coefficient (Wildman–Crippen LogP) is 3.19. The lowest BCUT2D eigenvalue weighted by Crippen LogP contribution is -2.53. The summed E-state index contributed by atoms with van der Waals surface area (Å²) in [5.41, 5.74) is 0.423. The van der Waals surface area contributed by atoms with E-state index in [1.54, 1.807) is 0 Å². The molecule has 0 aromatic carbocycles. The second kappa shape index (κ2) is 6.33. The van der Waals surface area contributed by atoms with Gasteiger partial charge in [0, 0.05) is 37.3 Å². The van der Waals surface area contributed by atoms with Gasteiger partial charge in [0.1, 0.15) is 0 Å². The maximum Gasteiger partial charge on any atom is 0.0666 e. The topological polar surface area (TPSA) is 24.5 Å². The van der Waals surface area contributed by atoms with Gasteiger partial charge in [0.25, 0.3) is 0 Å². The Morgan fingerprint density at radius 2 is 1.80 bits per heavy atom. The Morgan fingerprint density at radius 3 is 2.35 bits per heavy atom. The van der Waals surface area contributed by atoms with Gasteiger partial charge in [0.05, 0.1) is 5.60 Å². The van der Waals surface area contributed by atoms with Crippen LogP contribution in [0.5, 0.6) is 0 Å². The van der Waals surface area contributed by atoms with E-state index in [2.05, 4.69) is 44.8 Å². The van der Waals surface area contributed by atoms with Crippen molar-refractivity contribution in [1.82, 2.24) is 10.2 Å². The molecule has 0 spiro atoms. The molecular formula is C17H34N2O. The molecule has 118 valence electrons. The van der Waals surface area contributed by atoms with Gasteiger partial charge in [-0.25, -0.2) is 0 Å². The van der Waals surface area contributed by atoms with E-state index < -0.39 is 0 Å². The van der Waals surface area contributed by atoms with Crippen molar-refractivity contribution in [3.63, 3.8) is 0 Å². The maximum atomic E-state index is 5.95. The van der Waals surface area contributed by atoms with Crippen molar-refractivity contribution in [2.75, 3.05) is 19.7 Å². The number of piperidine rings is 1. The van der Waals surface area contributed by atoms with Crippen LogP contribution in [0.2, 0.25) is 0 Å². The summed E-state index contributed by atoms with van der Waals surface area (Å²) in [4.78, 5) is 2.62. The van der Waals surface area contributed by atoms with Crippen LogP contribution in [0.4, 0.5) is 0 Å². The molecule has 2 rings (SSSR count). The van der Waals surface area contributed by atoms with E-state index >= 15 is 0 Å². The molecule has 3 heteroatoms. The quantitative estimate of drug-likeness (QED) is 0.860. The standard InChI is InChI=1S/C17H34N2O/c1-6-17(5)13-15(9-12-20-17)18-14-7-10-19(11-8-14)16(2,3)4/h14-15,18H,6-13H2,1-5H3. The van der Waals surface area contributed by atoms with Crippen LogP contribution >= 0.6 is 0 Å². The molecule has 2 aliphatic rings. The summed E-state index contributed by atoms with van der Waals surface area (Å²) < 4.78 is 5.95. The Hall–Kier alpha value is -0.120.